The lowest BCUT2D eigenvalue weighted by Crippen LogP contribution is -2.13. The van der Waals surface area contributed by atoms with Crippen molar-refractivity contribution in [3.63, 3.8) is 0 Å². The quantitative estimate of drug-likeness (QED) is 0.848. The first-order valence-corrected chi connectivity index (χ1v) is 6.95. The zero-order valence-electron chi connectivity index (χ0n) is 10.5. The third-order valence-corrected chi connectivity index (χ3v) is 3.63. The molecule has 1 unspecified atom stereocenters. The second-order valence-electron chi connectivity index (χ2n) is 4.07. The first-order chi connectivity index (χ1) is 9.20. The van der Waals surface area contributed by atoms with Gasteiger partial charge in [-0.3, -0.25) is 0 Å². The van der Waals surface area contributed by atoms with Crippen molar-refractivity contribution in [2.24, 2.45) is 0 Å². The summed E-state index contributed by atoms with van der Waals surface area (Å²) in [6.45, 7) is 2.11. The Morgan fingerprint density at radius 1 is 1.53 bits per heavy atom. The number of carbonyl (C=O) groups is 1. The summed E-state index contributed by atoms with van der Waals surface area (Å²) in [5.74, 6) is -0.694. The Balaban J connectivity index is 2.17. The van der Waals surface area contributed by atoms with Crippen molar-refractivity contribution in [1.29, 1.82) is 0 Å². The highest BCUT2D eigenvalue weighted by atomic mass is 32.1. The highest BCUT2D eigenvalue weighted by molar-refractivity contribution is 7.10. The summed E-state index contributed by atoms with van der Waals surface area (Å²) in [7, 11) is 0. The predicted molar refractivity (Wildman–Crippen MR) is 74.6 cm³/mol. The summed E-state index contributed by atoms with van der Waals surface area (Å²) in [4.78, 5) is 20.1. The topological polar surface area (TPSA) is 75.1 Å². The number of thiophene rings is 1. The average Bonchev–Trinajstić information content (AvgIpc) is 2.92. The summed E-state index contributed by atoms with van der Waals surface area (Å²) in [5.41, 5.74) is -0.000993. The van der Waals surface area contributed by atoms with Crippen LogP contribution in [0.1, 0.15) is 41.2 Å². The van der Waals surface area contributed by atoms with E-state index in [0.29, 0.717) is 5.95 Å². The molecular weight excluding hydrogens is 262 g/mol. The molecule has 19 heavy (non-hydrogen) atoms. The molecule has 2 rings (SSSR count). The van der Waals surface area contributed by atoms with Crippen LogP contribution in [0.3, 0.4) is 0 Å². The number of aromatic nitrogens is 2. The van der Waals surface area contributed by atoms with Crippen molar-refractivity contribution < 1.29 is 9.90 Å². The van der Waals surface area contributed by atoms with Crippen molar-refractivity contribution in [3.8, 4) is 0 Å². The van der Waals surface area contributed by atoms with Gasteiger partial charge in [0, 0.05) is 11.1 Å². The number of hydrogen-bond acceptors (Lipinski definition) is 5. The zero-order valence-corrected chi connectivity index (χ0v) is 11.4. The van der Waals surface area contributed by atoms with Gasteiger partial charge < -0.3 is 10.4 Å². The van der Waals surface area contributed by atoms with E-state index < -0.39 is 5.97 Å². The monoisotopic (exact) mass is 277 g/mol. The normalized spacial score (nSPS) is 12.1. The fraction of sp³-hybridized carbons (Fsp3) is 0.308. The Morgan fingerprint density at radius 3 is 3.00 bits per heavy atom. The molecule has 2 N–H and O–H groups in total. The average molecular weight is 277 g/mol. The Morgan fingerprint density at radius 2 is 2.37 bits per heavy atom. The van der Waals surface area contributed by atoms with Gasteiger partial charge in [-0.05, 0) is 23.9 Å². The van der Waals surface area contributed by atoms with Gasteiger partial charge in [0.05, 0.1) is 6.04 Å². The second-order valence-corrected chi connectivity index (χ2v) is 5.05. The van der Waals surface area contributed by atoms with Crippen LogP contribution >= 0.6 is 11.3 Å². The highest BCUT2D eigenvalue weighted by Crippen LogP contribution is 2.26. The van der Waals surface area contributed by atoms with Gasteiger partial charge in [-0.15, -0.1) is 11.3 Å². The smallest absolute Gasteiger partial charge is 0.354 e. The van der Waals surface area contributed by atoms with Gasteiger partial charge >= 0.3 is 5.97 Å². The van der Waals surface area contributed by atoms with Gasteiger partial charge in [0.2, 0.25) is 5.95 Å². The SMILES string of the molecule is CCCC(Nc1nccc(C(=O)O)n1)c1cccs1. The lowest BCUT2D eigenvalue weighted by atomic mass is 10.1. The third-order valence-electron chi connectivity index (χ3n) is 2.64. The molecule has 0 saturated carbocycles. The molecule has 0 fully saturated rings. The van der Waals surface area contributed by atoms with E-state index in [1.54, 1.807) is 11.3 Å². The number of anilines is 1. The molecule has 0 aliphatic rings. The molecular formula is C13H15N3O2S. The van der Waals surface area contributed by atoms with Crippen LogP contribution in [0.25, 0.3) is 0 Å². The van der Waals surface area contributed by atoms with Crippen LogP contribution in [-0.2, 0) is 0 Å². The van der Waals surface area contributed by atoms with Gasteiger partial charge in [0.1, 0.15) is 0 Å². The first-order valence-electron chi connectivity index (χ1n) is 6.07. The Labute approximate surface area is 115 Å². The van der Waals surface area contributed by atoms with E-state index in [2.05, 4.69) is 28.3 Å². The van der Waals surface area contributed by atoms with Crippen LogP contribution in [0.4, 0.5) is 5.95 Å². The van der Waals surface area contributed by atoms with E-state index in [9.17, 15) is 4.79 Å². The third kappa shape index (κ3) is 3.51. The predicted octanol–water partition coefficient (Wildman–Crippen LogP) is 3.19. The number of aromatic carboxylic acids is 1. The lowest BCUT2D eigenvalue weighted by molar-refractivity contribution is 0.0690. The number of carboxylic acids is 1. The van der Waals surface area contributed by atoms with Gasteiger partial charge in [0.15, 0.2) is 5.69 Å². The molecule has 6 heteroatoms. The molecule has 5 nitrogen and oxygen atoms in total. The Hall–Kier alpha value is -1.95. The zero-order chi connectivity index (χ0) is 13.7. The summed E-state index contributed by atoms with van der Waals surface area (Å²) < 4.78 is 0. The summed E-state index contributed by atoms with van der Waals surface area (Å²) in [6.07, 6.45) is 3.42. The molecule has 2 heterocycles. The number of nitrogens with zero attached hydrogens (tertiary/aromatic N) is 2. The van der Waals surface area contributed by atoms with Crippen LogP contribution < -0.4 is 5.32 Å². The van der Waals surface area contributed by atoms with Crippen molar-refractivity contribution >= 4 is 23.3 Å². The minimum Gasteiger partial charge on any atom is -0.477 e. The number of nitrogens with one attached hydrogen (secondary N) is 1. The first kappa shape index (κ1) is 13.5. The largest absolute Gasteiger partial charge is 0.477 e. The maximum absolute atomic E-state index is 10.9. The van der Waals surface area contributed by atoms with Crippen LogP contribution in [0.15, 0.2) is 29.8 Å². The van der Waals surface area contributed by atoms with Crippen LogP contribution in [0.2, 0.25) is 0 Å². The van der Waals surface area contributed by atoms with Crippen molar-refractivity contribution in [3.05, 3.63) is 40.3 Å². The van der Waals surface area contributed by atoms with E-state index >= 15 is 0 Å². The molecule has 0 amide bonds. The molecule has 0 aliphatic carbocycles. The minimum absolute atomic E-state index is 0.000993. The molecule has 2 aromatic heterocycles. The van der Waals surface area contributed by atoms with Gasteiger partial charge in [-0.1, -0.05) is 19.4 Å². The van der Waals surface area contributed by atoms with Gasteiger partial charge in [0.25, 0.3) is 0 Å². The molecule has 0 spiro atoms. The maximum Gasteiger partial charge on any atom is 0.354 e. The van der Waals surface area contributed by atoms with Crippen molar-refractivity contribution in [2.75, 3.05) is 5.32 Å². The number of hydrogen-bond donors (Lipinski definition) is 2. The van der Waals surface area contributed by atoms with E-state index in [1.807, 2.05) is 11.4 Å². The molecule has 0 aromatic carbocycles. The van der Waals surface area contributed by atoms with E-state index in [-0.39, 0.29) is 11.7 Å². The lowest BCUT2D eigenvalue weighted by Gasteiger charge is -2.16. The second kappa shape index (κ2) is 6.29. The maximum atomic E-state index is 10.9. The minimum atomic E-state index is -1.05. The van der Waals surface area contributed by atoms with E-state index in [4.69, 9.17) is 5.11 Å². The number of carboxylic acid groups (broad SMARTS) is 1. The molecule has 1 atom stereocenters. The van der Waals surface area contributed by atoms with Crippen LogP contribution in [0.5, 0.6) is 0 Å². The molecule has 0 bridgehead atoms. The van der Waals surface area contributed by atoms with Crippen molar-refractivity contribution in [2.45, 2.75) is 25.8 Å². The fourth-order valence-corrected chi connectivity index (χ4v) is 2.58. The van der Waals surface area contributed by atoms with Gasteiger partial charge in [-0.2, -0.15) is 0 Å². The van der Waals surface area contributed by atoms with E-state index in [0.717, 1.165) is 12.8 Å². The highest BCUT2D eigenvalue weighted by Gasteiger charge is 2.14. The Bertz CT molecular complexity index is 543. The summed E-state index contributed by atoms with van der Waals surface area (Å²) >= 11 is 1.67. The number of rotatable bonds is 6. The molecule has 0 aliphatic heterocycles. The summed E-state index contributed by atoms with van der Waals surface area (Å²) in [5, 5.41) is 14.1. The van der Waals surface area contributed by atoms with Crippen LogP contribution in [0, 0.1) is 0 Å². The summed E-state index contributed by atoms with van der Waals surface area (Å²) in [6, 6.07) is 5.56. The Kier molecular flexibility index (Phi) is 4.46. The molecule has 0 saturated heterocycles. The van der Waals surface area contributed by atoms with E-state index in [1.165, 1.54) is 17.1 Å². The molecule has 0 radical (unpaired) electrons. The van der Waals surface area contributed by atoms with Crippen molar-refractivity contribution in [1.82, 2.24) is 9.97 Å². The van der Waals surface area contributed by atoms with Crippen LogP contribution in [-0.4, -0.2) is 21.0 Å². The molecule has 2 aromatic rings. The standard InChI is InChI=1S/C13H15N3O2S/c1-2-4-9(11-5-3-8-19-11)15-13-14-7-6-10(16-13)12(17)18/h3,5-9H,2,4H2,1H3,(H,17,18)(H,14,15,16). The fourth-order valence-electron chi connectivity index (χ4n) is 1.77. The van der Waals surface area contributed by atoms with Gasteiger partial charge in [-0.25, -0.2) is 14.8 Å². The molecule has 100 valence electrons.